The number of ether oxygens (including phenoxy) is 1. The minimum atomic E-state index is -0.523. The molecular formula is C28H43BN2O5. The largest absolute Gasteiger partial charge is 0.481 e. The maximum atomic E-state index is 12.9. The lowest BCUT2D eigenvalue weighted by Gasteiger charge is -2.64. The molecule has 0 unspecified atom stereocenters. The van der Waals surface area contributed by atoms with Crippen molar-refractivity contribution in [3.63, 3.8) is 0 Å². The molecule has 4 fully saturated rings. The van der Waals surface area contributed by atoms with Crippen molar-refractivity contribution in [2.24, 2.45) is 23.2 Å². The number of esters is 1. The van der Waals surface area contributed by atoms with Gasteiger partial charge in [0.05, 0.1) is 17.6 Å². The molecule has 5 rings (SSSR count). The van der Waals surface area contributed by atoms with Gasteiger partial charge in [-0.1, -0.05) is 39.0 Å². The number of hydrogen-bond acceptors (Lipinski definition) is 5. The molecule has 0 aromatic heterocycles. The Hall–Kier alpha value is -2.06. The van der Waals surface area contributed by atoms with E-state index in [9.17, 15) is 9.59 Å². The zero-order valence-corrected chi connectivity index (χ0v) is 22.9. The number of anilines is 1. The van der Waals surface area contributed by atoms with Crippen molar-refractivity contribution in [1.29, 1.82) is 0 Å². The zero-order chi connectivity index (χ0) is 26.3. The van der Waals surface area contributed by atoms with Crippen molar-refractivity contribution in [1.82, 2.24) is 5.32 Å². The Balaban J connectivity index is 1.42. The van der Waals surface area contributed by atoms with Gasteiger partial charge in [-0.15, -0.1) is 0 Å². The molecule has 0 spiro atoms. The Bertz CT molecular complexity index is 949. The highest BCUT2D eigenvalue weighted by Crippen LogP contribution is 2.65. The van der Waals surface area contributed by atoms with Gasteiger partial charge in [-0.25, -0.2) is 4.79 Å². The molecule has 1 aromatic rings. The van der Waals surface area contributed by atoms with Crippen LogP contribution in [0.5, 0.6) is 0 Å². The van der Waals surface area contributed by atoms with E-state index in [1.165, 1.54) is 6.42 Å². The van der Waals surface area contributed by atoms with Gasteiger partial charge in [-0.2, -0.15) is 0 Å². The van der Waals surface area contributed by atoms with Crippen molar-refractivity contribution in [2.45, 2.75) is 104 Å². The predicted octanol–water partition coefficient (Wildman–Crippen LogP) is 5.59. The number of para-hydroxylation sites is 1. The van der Waals surface area contributed by atoms with Crippen molar-refractivity contribution >= 4 is 24.8 Å². The minimum absolute atomic E-state index is 0.0416. The average molecular weight is 498 g/mol. The second kappa shape index (κ2) is 10.0. The molecule has 36 heavy (non-hydrogen) atoms. The van der Waals surface area contributed by atoms with Crippen molar-refractivity contribution in [3.8, 4) is 0 Å². The first kappa shape index (κ1) is 27.0. The van der Waals surface area contributed by atoms with Crippen LogP contribution in [0.4, 0.5) is 10.5 Å². The second-order valence-corrected chi connectivity index (χ2v) is 12.9. The summed E-state index contributed by atoms with van der Waals surface area (Å²) in [5, 5.41) is 6.02. The number of benzene rings is 1. The van der Waals surface area contributed by atoms with Crippen LogP contribution in [0.3, 0.4) is 0 Å². The van der Waals surface area contributed by atoms with Gasteiger partial charge in [0.2, 0.25) is 0 Å². The quantitative estimate of drug-likeness (QED) is 0.360. The molecule has 1 aromatic carbocycles. The summed E-state index contributed by atoms with van der Waals surface area (Å²) in [4.78, 5) is 25.2. The first-order chi connectivity index (χ1) is 16.8. The van der Waals surface area contributed by atoms with Crippen LogP contribution in [-0.2, 0) is 18.8 Å². The van der Waals surface area contributed by atoms with Gasteiger partial charge in [0.1, 0.15) is 5.60 Å². The molecule has 7 nitrogen and oxygen atoms in total. The maximum Gasteiger partial charge on any atom is 0.481 e. The van der Waals surface area contributed by atoms with Gasteiger partial charge >= 0.3 is 19.1 Å². The Morgan fingerprint density at radius 1 is 1.14 bits per heavy atom. The third kappa shape index (κ3) is 5.75. The van der Waals surface area contributed by atoms with Gasteiger partial charge in [-0.3, -0.25) is 4.79 Å². The first-order valence-electron chi connectivity index (χ1n) is 13.5. The Morgan fingerprint density at radius 3 is 2.47 bits per heavy atom. The lowest BCUT2D eigenvalue weighted by molar-refractivity contribution is -0.199. The van der Waals surface area contributed by atoms with E-state index < -0.39 is 12.7 Å². The van der Waals surface area contributed by atoms with Crippen LogP contribution in [-0.4, -0.2) is 42.4 Å². The van der Waals surface area contributed by atoms with Gasteiger partial charge in [0.15, 0.2) is 0 Å². The lowest BCUT2D eigenvalue weighted by Crippen LogP contribution is -2.65. The van der Waals surface area contributed by atoms with Crippen molar-refractivity contribution in [2.75, 3.05) is 5.32 Å². The van der Waals surface area contributed by atoms with E-state index in [0.717, 1.165) is 18.5 Å². The Kier molecular flexibility index (Phi) is 7.51. The molecular weight excluding hydrogens is 455 g/mol. The van der Waals surface area contributed by atoms with Crippen LogP contribution in [0.25, 0.3) is 0 Å². The third-order valence-electron chi connectivity index (χ3n) is 8.55. The SMILES string of the molecule is C[C@@H](CC[C@H](NC(=O)Nc1ccccc1)B1O[C@@H]2C[C@@H]3C[C@@H](C3(C)C)[C@]2(C)O1)CC(=O)OC(C)(C)C. The maximum absolute atomic E-state index is 12.9. The Labute approximate surface area is 216 Å². The number of carbonyl (C=O) groups is 2. The van der Waals surface area contributed by atoms with Crippen molar-refractivity contribution < 1.29 is 23.6 Å². The van der Waals surface area contributed by atoms with Crippen LogP contribution >= 0.6 is 0 Å². The van der Waals surface area contributed by atoms with E-state index in [1.807, 2.05) is 58.0 Å². The summed E-state index contributed by atoms with van der Waals surface area (Å²) in [6.45, 7) is 14.5. The number of carbonyl (C=O) groups excluding carboxylic acids is 2. The summed E-state index contributed by atoms with van der Waals surface area (Å²) in [5.74, 6) is 0.674. The normalized spacial score (nSPS) is 30.0. The number of rotatable bonds is 8. The molecule has 3 aliphatic carbocycles. The lowest BCUT2D eigenvalue weighted by atomic mass is 9.43. The van der Waals surface area contributed by atoms with E-state index in [0.29, 0.717) is 24.7 Å². The zero-order valence-electron chi connectivity index (χ0n) is 22.9. The summed E-state index contributed by atoms with van der Waals surface area (Å²) < 4.78 is 18.7. The number of amides is 2. The van der Waals surface area contributed by atoms with Gasteiger partial charge < -0.3 is 24.7 Å². The highest BCUT2D eigenvalue weighted by atomic mass is 16.7. The molecule has 6 atom stereocenters. The van der Waals surface area contributed by atoms with Crippen LogP contribution in [0, 0.1) is 23.2 Å². The van der Waals surface area contributed by atoms with E-state index >= 15 is 0 Å². The molecule has 1 heterocycles. The first-order valence-corrected chi connectivity index (χ1v) is 13.5. The molecule has 1 aliphatic heterocycles. The van der Waals surface area contributed by atoms with Gasteiger partial charge in [-0.05, 0) is 88.7 Å². The summed E-state index contributed by atoms with van der Waals surface area (Å²) >= 11 is 0. The third-order valence-corrected chi connectivity index (χ3v) is 8.55. The minimum Gasteiger partial charge on any atom is -0.460 e. The van der Waals surface area contributed by atoms with Gasteiger partial charge in [0, 0.05) is 12.1 Å². The van der Waals surface area contributed by atoms with E-state index in [-0.39, 0.29) is 41.0 Å². The number of urea groups is 1. The number of nitrogens with one attached hydrogen (secondary N) is 2. The van der Waals surface area contributed by atoms with Crippen molar-refractivity contribution in [3.05, 3.63) is 30.3 Å². The fraction of sp³-hybridized carbons (Fsp3) is 0.714. The topological polar surface area (TPSA) is 85.9 Å². The van der Waals surface area contributed by atoms with Crippen LogP contribution in [0.2, 0.25) is 0 Å². The molecule has 0 radical (unpaired) electrons. The summed E-state index contributed by atoms with van der Waals surface area (Å²) in [5.41, 5.74) is 0.130. The molecule has 2 N–H and O–H groups in total. The molecule has 2 bridgehead atoms. The summed E-state index contributed by atoms with van der Waals surface area (Å²) in [6.07, 6.45) is 3.92. The smallest absolute Gasteiger partial charge is 0.460 e. The van der Waals surface area contributed by atoms with Crippen LogP contribution in [0.15, 0.2) is 30.3 Å². The monoisotopic (exact) mass is 498 g/mol. The highest BCUT2D eigenvalue weighted by Gasteiger charge is 2.68. The fourth-order valence-corrected chi connectivity index (χ4v) is 6.44. The molecule has 198 valence electrons. The van der Waals surface area contributed by atoms with E-state index in [4.69, 9.17) is 14.0 Å². The summed E-state index contributed by atoms with van der Waals surface area (Å²) in [7, 11) is -0.523. The molecule has 1 saturated heterocycles. The average Bonchev–Trinajstić information content (AvgIpc) is 3.12. The van der Waals surface area contributed by atoms with Gasteiger partial charge in [0.25, 0.3) is 0 Å². The van der Waals surface area contributed by atoms with E-state index in [2.05, 4.69) is 31.4 Å². The molecule has 8 heteroatoms. The molecule has 2 amide bonds. The molecule has 3 saturated carbocycles. The number of hydrogen-bond donors (Lipinski definition) is 2. The Morgan fingerprint density at radius 2 is 1.83 bits per heavy atom. The summed E-state index contributed by atoms with van der Waals surface area (Å²) in [6, 6.07) is 9.09. The van der Waals surface area contributed by atoms with Crippen LogP contribution < -0.4 is 10.6 Å². The predicted molar refractivity (Wildman–Crippen MR) is 141 cm³/mol. The molecule has 4 aliphatic rings. The van der Waals surface area contributed by atoms with E-state index in [1.54, 1.807) is 0 Å². The fourth-order valence-electron chi connectivity index (χ4n) is 6.44. The van der Waals surface area contributed by atoms with Crippen LogP contribution in [0.1, 0.15) is 80.6 Å². The second-order valence-electron chi connectivity index (χ2n) is 12.9. The standard InChI is InChI=1S/C28H43BN2O5/c1-18(15-24(32)34-26(2,3)4)13-14-23(31-25(33)30-20-11-9-8-10-12-20)29-35-22-17-19-16-21(27(19,5)6)28(22,7)36-29/h8-12,18-19,21-23H,13-17H2,1-7H3,(H2,30,31,33)/t18-,19-,21-,22+,23-,28-/m0/s1. The highest BCUT2D eigenvalue weighted by molar-refractivity contribution is 6.48.